The first-order valence-electron chi connectivity index (χ1n) is 6.71. The molecule has 1 N–H and O–H groups in total. The summed E-state index contributed by atoms with van der Waals surface area (Å²) in [6.45, 7) is 6.41. The largest absolute Gasteiger partial charge is 0.440 e. The predicted molar refractivity (Wildman–Crippen MR) is 76.9 cm³/mol. The second-order valence-corrected chi connectivity index (χ2v) is 5.22. The molecule has 20 heavy (non-hydrogen) atoms. The number of carbonyl (C=O) groups excluding carboxylic acids is 1. The molecule has 0 radical (unpaired) electrons. The third kappa shape index (κ3) is 3.17. The van der Waals surface area contributed by atoms with Gasteiger partial charge in [-0.15, -0.1) is 0 Å². The van der Waals surface area contributed by atoms with Gasteiger partial charge in [0.25, 0.3) is 5.91 Å². The molecule has 0 unspecified atom stereocenters. The predicted octanol–water partition coefficient (Wildman–Crippen LogP) is 2.72. The van der Waals surface area contributed by atoms with E-state index in [1.165, 1.54) is 0 Å². The number of hydrogen-bond acceptors (Lipinski definition) is 4. The van der Waals surface area contributed by atoms with Crippen LogP contribution >= 0.6 is 0 Å². The summed E-state index contributed by atoms with van der Waals surface area (Å²) in [6, 6.07) is 5.24. The topological polar surface area (TPSA) is 64.4 Å². The number of nitrogens with one attached hydrogen (secondary N) is 1. The summed E-state index contributed by atoms with van der Waals surface area (Å²) in [5.74, 6) is 0.775. The van der Waals surface area contributed by atoms with Crippen LogP contribution in [0.5, 0.6) is 0 Å². The second kappa shape index (κ2) is 6.05. The van der Waals surface area contributed by atoms with Crippen molar-refractivity contribution in [2.24, 2.45) is 0 Å². The number of carbonyl (C=O) groups is 1. The van der Waals surface area contributed by atoms with E-state index >= 15 is 0 Å². The van der Waals surface area contributed by atoms with Crippen molar-refractivity contribution in [2.45, 2.75) is 32.7 Å². The van der Waals surface area contributed by atoms with Crippen molar-refractivity contribution < 1.29 is 13.9 Å². The van der Waals surface area contributed by atoms with Gasteiger partial charge in [0.15, 0.2) is 11.5 Å². The van der Waals surface area contributed by atoms with E-state index in [1.807, 2.05) is 20.8 Å². The lowest BCUT2D eigenvalue weighted by Crippen LogP contribution is -2.35. The van der Waals surface area contributed by atoms with Gasteiger partial charge in [-0.1, -0.05) is 13.8 Å². The summed E-state index contributed by atoms with van der Waals surface area (Å²) in [5.41, 5.74) is 1.99. The minimum Gasteiger partial charge on any atom is -0.440 e. The van der Waals surface area contributed by atoms with Crippen LogP contribution in [0.2, 0.25) is 0 Å². The number of fused-ring (bicyclic) bond motifs is 1. The van der Waals surface area contributed by atoms with E-state index < -0.39 is 0 Å². The highest BCUT2D eigenvalue weighted by Gasteiger charge is 2.13. The highest BCUT2D eigenvalue weighted by molar-refractivity contribution is 5.97. The van der Waals surface area contributed by atoms with Crippen molar-refractivity contribution in [1.29, 1.82) is 0 Å². The zero-order chi connectivity index (χ0) is 14.7. The van der Waals surface area contributed by atoms with E-state index in [4.69, 9.17) is 9.15 Å². The van der Waals surface area contributed by atoms with Gasteiger partial charge in [0.05, 0.1) is 6.61 Å². The van der Waals surface area contributed by atoms with Crippen molar-refractivity contribution in [3.63, 3.8) is 0 Å². The third-order valence-corrected chi connectivity index (χ3v) is 2.95. The fraction of sp³-hybridized carbons (Fsp3) is 0.467. The zero-order valence-electron chi connectivity index (χ0n) is 12.3. The van der Waals surface area contributed by atoms with Crippen LogP contribution in [-0.2, 0) is 4.74 Å². The molecule has 2 rings (SSSR count). The van der Waals surface area contributed by atoms with Gasteiger partial charge in [-0.2, -0.15) is 0 Å². The summed E-state index contributed by atoms with van der Waals surface area (Å²) in [4.78, 5) is 16.5. The average molecular weight is 276 g/mol. The summed E-state index contributed by atoms with van der Waals surface area (Å²) in [6.07, 6.45) is 0. The number of hydrogen-bond donors (Lipinski definition) is 1. The number of benzene rings is 1. The number of ether oxygens (including phenoxy) is 1. The lowest BCUT2D eigenvalue weighted by atomic mass is 10.2. The molecule has 0 bridgehead atoms. The van der Waals surface area contributed by atoms with Crippen molar-refractivity contribution in [2.75, 3.05) is 13.7 Å². The van der Waals surface area contributed by atoms with Gasteiger partial charge in [-0.3, -0.25) is 4.79 Å². The lowest BCUT2D eigenvalue weighted by Gasteiger charge is -2.12. The maximum atomic E-state index is 12.1. The Bertz CT molecular complexity index is 604. The highest BCUT2D eigenvalue weighted by atomic mass is 16.5. The lowest BCUT2D eigenvalue weighted by molar-refractivity contribution is 0.0905. The van der Waals surface area contributed by atoms with Gasteiger partial charge in [0.2, 0.25) is 0 Å². The number of amides is 1. The van der Waals surface area contributed by atoms with E-state index in [1.54, 1.807) is 25.3 Å². The molecule has 2 aromatic rings. The minimum atomic E-state index is -0.134. The van der Waals surface area contributed by atoms with Crippen LogP contribution in [-0.4, -0.2) is 30.6 Å². The molecule has 0 saturated carbocycles. The van der Waals surface area contributed by atoms with Crippen LogP contribution in [0.4, 0.5) is 0 Å². The molecule has 1 amide bonds. The average Bonchev–Trinajstić information content (AvgIpc) is 2.81. The Morgan fingerprint density at radius 3 is 2.80 bits per heavy atom. The summed E-state index contributed by atoms with van der Waals surface area (Å²) >= 11 is 0. The van der Waals surface area contributed by atoms with E-state index in [2.05, 4.69) is 10.3 Å². The summed E-state index contributed by atoms with van der Waals surface area (Å²) in [5, 5.41) is 2.87. The molecule has 5 nitrogen and oxygen atoms in total. The Morgan fingerprint density at radius 1 is 1.40 bits per heavy atom. The van der Waals surface area contributed by atoms with E-state index in [0.29, 0.717) is 29.2 Å². The Balaban J connectivity index is 2.20. The van der Waals surface area contributed by atoms with Crippen LogP contribution < -0.4 is 5.32 Å². The van der Waals surface area contributed by atoms with Crippen LogP contribution in [0.15, 0.2) is 22.6 Å². The third-order valence-electron chi connectivity index (χ3n) is 2.95. The smallest absolute Gasteiger partial charge is 0.251 e. The van der Waals surface area contributed by atoms with E-state index in [9.17, 15) is 4.79 Å². The molecule has 0 aliphatic carbocycles. The fourth-order valence-corrected chi connectivity index (χ4v) is 1.93. The molecule has 1 heterocycles. The molecule has 1 atom stereocenters. The SMILES string of the molecule is COC[C@H](C)NC(=O)c1ccc2oc(C(C)C)nc2c1. The monoisotopic (exact) mass is 276 g/mol. The van der Waals surface area contributed by atoms with E-state index in [-0.39, 0.29) is 17.9 Å². The molecular weight excluding hydrogens is 256 g/mol. The molecule has 0 saturated heterocycles. The maximum Gasteiger partial charge on any atom is 0.251 e. The van der Waals surface area contributed by atoms with Gasteiger partial charge >= 0.3 is 0 Å². The maximum absolute atomic E-state index is 12.1. The number of aromatic nitrogens is 1. The first-order valence-corrected chi connectivity index (χ1v) is 6.71. The van der Waals surface area contributed by atoms with Gasteiger partial charge in [0, 0.05) is 24.6 Å². The van der Waals surface area contributed by atoms with Crippen LogP contribution in [0.25, 0.3) is 11.1 Å². The van der Waals surface area contributed by atoms with Crippen LogP contribution in [0.1, 0.15) is 42.9 Å². The Hall–Kier alpha value is -1.88. The summed E-state index contributed by atoms with van der Waals surface area (Å²) in [7, 11) is 1.61. The molecule has 108 valence electrons. The van der Waals surface area contributed by atoms with Crippen molar-refractivity contribution in [3.05, 3.63) is 29.7 Å². The number of rotatable bonds is 5. The van der Waals surface area contributed by atoms with Gasteiger partial charge in [0.1, 0.15) is 5.52 Å². The summed E-state index contributed by atoms with van der Waals surface area (Å²) < 4.78 is 10.6. The molecule has 0 spiro atoms. The van der Waals surface area contributed by atoms with E-state index in [0.717, 1.165) is 0 Å². The quantitative estimate of drug-likeness (QED) is 0.912. The van der Waals surface area contributed by atoms with Crippen LogP contribution in [0, 0.1) is 0 Å². The Labute approximate surface area is 118 Å². The van der Waals surface area contributed by atoms with Crippen molar-refractivity contribution in [3.8, 4) is 0 Å². The Morgan fingerprint density at radius 2 is 2.15 bits per heavy atom. The number of methoxy groups -OCH3 is 1. The zero-order valence-corrected chi connectivity index (χ0v) is 12.3. The molecule has 0 aliphatic rings. The van der Waals surface area contributed by atoms with Gasteiger partial charge < -0.3 is 14.5 Å². The standard InChI is InChI=1S/C15H20N2O3/c1-9(2)15-17-12-7-11(5-6-13(12)20-15)14(18)16-10(3)8-19-4/h5-7,9-10H,8H2,1-4H3,(H,16,18)/t10-/m0/s1. The van der Waals surface area contributed by atoms with Crippen LogP contribution in [0.3, 0.4) is 0 Å². The fourth-order valence-electron chi connectivity index (χ4n) is 1.93. The minimum absolute atomic E-state index is 0.0354. The number of oxazole rings is 1. The molecule has 5 heteroatoms. The number of nitrogens with zero attached hydrogens (tertiary/aromatic N) is 1. The first kappa shape index (κ1) is 14.5. The van der Waals surface area contributed by atoms with Gasteiger partial charge in [-0.05, 0) is 25.1 Å². The normalized spacial score (nSPS) is 12.8. The molecule has 1 aromatic carbocycles. The van der Waals surface area contributed by atoms with Gasteiger partial charge in [-0.25, -0.2) is 4.98 Å². The molecule has 1 aromatic heterocycles. The second-order valence-electron chi connectivity index (χ2n) is 5.22. The van der Waals surface area contributed by atoms with Crippen molar-refractivity contribution in [1.82, 2.24) is 10.3 Å². The van der Waals surface area contributed by atoms with Crippen molar-refractivity contribution >= 4 is 17.0 Å². The molecular formula is C15H20N2O3. The highest BCUT2D eigenvalue weighted by Crippen LogP contribution is 2.21. The molecule has 0 fully saturated rings. The first-order chi connectivity index (χ1) is 9.51. The molecule has 0 aliphatic heterocycles. The Kier molecular flexibility index (Phi) is 4.39.